The Morgan fingerprint density at radius 2 is 1.65 bits per heavy atom. The second-order valence-electron chi connectivity index (χ2n) is 9.92. The third kappa shape index (κ3) is 6.12. The van der Waals surface area contributed by atoms with Crippen LogP contribution in [0.3, 0.4) is 0 Å². The van der Waals surface area contributed by atoms with E-state index in [0.29, 0.717) is 11.5 Å². The molecule has 2 saturated carbocycles. The minimum Gasteiger partial charge on any atom is -0.206 e. The summed E-state index contributed by atoms with van der Waals surface area (Å²) in [6.07, 6.45) is 9.97. The van der Waals surface area contributed by atoms with E-state index in [2.05, 4.69) is 30.9 Å². The summed E-state index contributed by atoms with van der Waals surface area (Å²) in [6, 6.07) is 9.93. The zero-order chi connectivity index (χ0) is 24.1. The number of hydrogen-bond acceptors (Lipinski definition) is 0. The van der Waals surface area contributed by atoms with E-state index in [-0.39, 0.29) is 11.4 Å². The zero-order valence-electron chi connectivity index (χ0n) is 19.7. The first kappa shape index (κ1) is 24.6. The Hall–Kier alpha value is -2.54. The summed E-state index contributed by atoms with van der Waals surface area (Å²) < 4.78 is 52.9. The fraction of sp³-hybridized carbons (Fsp3) is 0.467. The summed E-state index contributed by atoms with van der Waals surface area (Å²) in [5, 5.41) is 0. The van der Waals surface area contributed by atoms with Gasteiger partial charge in [-0.25, -0.2) is 4.39 Å². The summed E-state index contributed by atoms with van der Waals surface area (Å²) in [6.45, 7) is 2.08. The van der Waals surface area contributed by atoms with Crippen LogP contribution in [0.25, 0.3) is 0 Å². The minimum absolute atomic E-state index is 0.277. The van der Waals surface area contributed by atoms with Gasteiger partial charge in [0.2, 0.25) is 0 Å². The van der Waals surface area contributed by atoms with Gasteiger partial charge in [-0.05, 0) is 118 Å². The highest BCUT2D eigenvalue weighted by molar-refractivity contribution is 5.45. The summed E-state index contributed by atoms with van der Waals surface area (Å²) in [5.41, 5.74) is 1.03. The SMILES string of the molecule is C/C=C/CCC1CCC2CC(c3ccc(C#Cc4ccc(C(F)(F)F)cc4)c(F)c3)CCC2C1. The van der Waals surface area contributed by atoms with Crippen LogP contribution in [0.15, 0.2) is 54.6 Å². The van der Waals surface area contributed by atoms with E-state index < -0.39 is 11.7 Å². The average Bonchev–Trinajstić information content (AvgIpc) is 2.83. The molecule has 4 rings (SSSR count). The Labute approximate surface area is 200 Å². The largest absolute Gasteiger partial charge is 0.416 e. The third-order valence-corrected chi connectivity index (χ3v) is 7.72. The van der Waals surface area contributed by atoms with Gasteiger partial charge in [0.15, 0.2) is 0 Å². The standard InChI is InChI=1S/C30H32F4/c1-2-3-4-5-22-7-11-25-19-26(15-14-24(25)18-22)27-13-12-23(29(31)20-27)10-6-21-8-16-28(17-9-21)30(32,33)34/h2-3,8-9,12-13,16-17,20,22,24-26H,4-5,7,11,14-15,18-19H2,1H3/b3-2+. The maximum Gasteiger partial charge on any atom is 0.416 e. The van der Waals surface area contributed by atoms with Gasteiger partial charge in [0.05, 0.1) is 11.1 Å². The maximum absolute atomic E-state index is 14.8. The fourth-order valence-corrected chi connectivity index (χ4v) is 5.82. The van der Waals surface area contributed by atoms with Crippen LogP contribution in [-0.2, 0) is 6.18 Å². The van der Waals surface area contributed by atoms with Crippen LogP contribution in [0.5, 0.6) is 0 Å². The maximum atomic E-state index is 14.8. The van der Waals surface area contributed by atoms with Crippen molar-refractivity contribution in [3.63, 3.8) is 0 Å². The Morgan fingerprint density at radius 3 is 2.35 bits per heavy atom. The van der Waals surface area contributed by atoms with Crippen molar-refractivity contribution in [2.75, 3.05) is 0 Å². The molecule has 2 fully saturated rings. The summed E-state index contributed by atoms with van der Waals surface area (Å²) >= 11 is 0. The van der Waals surface area contributed by atoms with Crippen LogP contribution in [0.4, 0.5) is 17.6 Å². The highest BCUT2D eigenvalue weighted by Crippen LogP contribution is 2.48. The van der Waals surface area contributed by atoms with Crippen LogP contribution in [0.2, 0.25) is 0 Å². The molecule has 2 aliphatic carbocycles. The Balaban J connectivity index is 1.37. The molecule has 0 nitrogen and oxygen atoms in total. The molecular formula is C30H32F4. The highest BCUT2D eigenvalue weighted by atomic mass is 19.4. The van der Waals surface area contributed by atoms with Gasteiger partial charge < -0.3 is 0 Å². The van der Waals surface area contributed by atoms with E-state index in [1.54, 1.807) is 12.1 Å². The van der Waals surface area contributed by atoms with Crippen molar-refractivity contribution < 1.29 is 17.6 Å². The zero-order valence-corrected chi connectivity index (χ0v) is 19.7. The first-order valence-corrected chi connectivity index (χ1v) is 12.4. The molecule has 2 aromatic rings. The lowest BCUT2D eigenvalue weighted by Crippen LogP contribution is -2.30. The molecule has 0 N–H and O–H groups in total. The van der Waals surface area contributed by atoms with Gasteiger partial charge in [-0.15, -0.1) is 0 Å². The topological polar surface area (TPSA) is 0 Å². The molecule has 0 aromatic heterocycles. The van der Waals surface area contributed by atoms with E-state index in [1.165, 1.54) is 50.7 Å². The lowest BCUT2D eigenvalue weighted by atomic mass is 9.63. The molecule has 0 heterocycles. The predicted molar refractivity (Wildman–Crippen MR) is 129 cm³/mol. The van der Waals surface area contributed by atoms with Gasteiger partial charge in [0.25, 0.3) is 0 Å². The normalized spacial score (nSPS) is 25.0. The molecule has 2 aliphatic rings. The lowest BCUT2D eigenvalue weighted by Gasteiger charge is -2.42. The van der Waals surface area contributed by atoms with Gasteiger partial charge in [-0.1, -0.05) is 36.5 Å². The van der Waals surface area contributed by atoms with Crippen molar-refractivity contribution in [2.45, 2.75) is 70.4 Å². The molecule has 4 unspecified atom stereocenters. The third-order valence-electron chi connectivity index (χ3n) is 7.72. The lowest BCUT2D eigenvalue weighted by molar-refractivity contribution is -0.137. The number of fused-ring (bicyclic) bond motifs is 1. The van der Waals surface area contributed by atoms with Crippen molar-refractivity contribution in [3.05, 3.63) is 82.7 Å². The molecule has 0 radical (unpaired) electrons. The smallest absolute Gasteiger partial charge is 0.206 e. The molecule has 2 aromatic carbocycles. The van der Waals surface area contributed by atoms with Crippen molar-refractivity contribution in [1.29, 1.82) is 0 Å². The molecule has 0 bridgehead atoms. The monoisotopic (exact) mass is 468 g/mol. The van der Waals surface area contributed by atoms with E-state index >= 15 is 0 Å². The highest BCUT2D eigenvalue weighted by Gasteiger charge is 2.36. The number of rotatable bonds is 4. The van der Waals surface area contributed by atoms with E-state index in [1.807, 2.05) is 6.07 Å². The fourth-order valence-electron chi connectivity index (χ4n) is 5.82. The van der Waals surface area contributed by atoms with Crippen LogP contribution in [0, 0.1) is 35.4 Å². The van der Waals surface area contributed by atoms with Crippen LogP contribution in [-0.4, -0.2) is 0 Å². The molecular weight excluding hydrogens is 436 g/mol. The average molecular weight is 469 g/mol. The molecule has 0 spiro atoms. The Kier molecular flexibility index (Phi) is 7.81. The van der Waals surface area contributed by atoms with Crippen molar-refractivity contribution in [3.8, 4) is 11.8 Å². The van der Waals surface area contributed by atoms with Crippen molar-refractivity contribution in [2.24, 2.45) is 17.8 Å². The minimum atomic E-state index is -4.38. The second kappa shape index (κ2) is 10.8. The molecule has 4 heteroatoms. The number of benzene rings is 2. The van der Waals surface area contributed by atoms with E-state index in [9.17, 15) is 17.6 Å². The number of alkyl halides is 3. The first-order valence-electron chi connectivity index (χ1n) is 12.4. The van der Waals surface area contributed by atoms with E-state index in [4.69, 9.17) is 0 Å². The number of allylic oxidation sites excluding steroid dienone is 2. The van der Waals surface area contributed by atoms with Gasteiger partial charge >= 0.3 is 6.18 Å². The van der Waals surface area contributed by atoms with Gasteiger partial charge in [0, 0.05) is 5.56 Å². The van der Waals surface area contributed by atoms with Crippen LogP contribution >= 0.6 is 0 Å². The van der Waals surface area contributed by atoms with Gasteiger partial charge in [-0.3, -0.25) is 0 Å². The van der Waals surface area contributed by atoms with Gasteiger partial charge in [0.1, 0.15) is 5.82 Å². The number of halogens is 4. The first-order chi connectivity index (χ1) is 16.3. The number of hydrogen-bond donors (Lipinski definition) is 0. The quantitative estimate of drug-likeness (QED) is 0.239. The molecule has 0 saturated heterocycles. The predicted octanol–water partition coefficient (Wildman–Crippen LogP) is 8.90. The Bertz CT molecular complexity index is 1050. The summed E-state index contributed by atoms with van der Waals surface area (Å²) in [5.74, 6) is 8.02. The molecule has 4 atom stereocenters. The van der Waals surface area contributed by atoms with E-state index in [0.717, 1.165) is 48.3 Å². The van der Waals surface area contributed by atoms with Crippen molar-refractivity contribution in [1.82, 2.24) is 0 Å². The molecule has 34 heavy (non-hydrogen) atoms. The van der Waals surface area contributed by atoms with Crippen molar-refractivity contribution >= 4 is 0 Å². The van der Waals surface area contributed by atoms with Crippen LogP contribution < -0.4 is 0 Å². The molecule has 0 aliphatic heterocycles. The molecule has 180 valence electrons. The molecule has 0 amide bonds. The summed E-state index contributed by atoms with van der Waals surface area (Å²) in [4.78, 5) is 0. The second-order valence-corrected chi connectivity index (χ2v) is 9.92. The van der Waals surface area contributed by atoms with Crippen LogP contribution in [0.1, 0.15) is 86.5 Å². The van der Waals surface area contributed by atoms with Gasteiger partial charge in [-0.2, -0.15) is 13.2 Å². The summed E-state index contributed by atoms with van der Waals surface area (Å²) in [7, 11) is 0. The Morgan fingerprint density at radius 1 is 0.912 bits per heavy atom.